The molecular formula is C18H20N2O3. The highest BCUT2D eigenvalue weighted by Crippen LogP contribution is 2.21. The Morgan fingerprint density at radius 1 is 1.09 bits per heavy atom. The summed E-state index contributed by atoms with van der Waals surface area (Å²) in [6.45, 7) is 5.59. The van der Waals surface area contributed by atoms with Gasteiger partial charge in [0.05, 0.1) is 0 Å². The fourth-order valence-electron chi connectivity index (χ4n) is 2.04. The topological polar surface area (TPSA) is 81.4 Å². The molecule has 5 nitrogen and oxygen atoms in total. The Balaban J connectivity index is 2.02. The lowest BCUT2D eigenvalue weighted by molar-refractivity contribution is -0.122. The van der Waals surface area contributed by atoms with Gasteiger partial charge in [0.15, 0.2) is 6.10 Å². The van der Waals surface area contributed by atoms with E-state index in [1.165, 1.54) is 0 Å². The Morgan fingerprint density at radius 2 is 1.74 bits per heavy atom. The molecule has 0 spiro atoms. The third kappa shape index (κ3) is 4.32. The first-order valence-corrected chi connectivity index (χ1v) is 7.31. The molecule has 1 unspecified atom stereocenters. The lowest BCUT2D eigenvalue weighted by Gasteiger charge is -2.16. The Bertz CT molecular complexity index is 724. The molecule has 0 aromatic heterocycles. The van der Waals surface area contributed by atoms with Gasteiger partial charge in [-0.25, -0.2) is 0 Å². The van der Waals surface area contributed by atoms with Crippen LogP contribution >= 0.6 is 0 Å². The molecule has 2 aromatic rings. The number of hydrogen-bond acceptors (Lipinski definition) is 3. The molecule has 5 heteroatoms. The molecule has 0 radical (unpaired) electrons. The van der Waals surface area contributed by atoms with Crippen LogP contribution in [-0.2, 0) is 4.79 Å². The summed E-state index contributed by atoms with van der Waals surface area (Å²) in [5.74, 6) is -0.0797. The fourth-order valence-corrected chi connectivity index (χ4v) is 2.04. The van der Waals surface area contributed by atoms with Crippen LogP contribution in [-0.4, -0.2) is 17.9 Å². The van der Waals surface area contributed by atoms with Crippen molar-refractivity contribution >= 4 is 17.5 Å². The Morgan fingerprint density at radius 3 is 2.35 bits per heavy atom. The molecule has 1 atom stereocenters. The summed E-state index contributed by atoms with van der Waals surface area (Å²) in [7, 11) is 0. The van der Waals surface area contributed by atoms with E-state index < -0.39 is 12.0 Å². The van der Waals surface area contributed by atoms with E-state index in [2.05, 4.69) is 5.32 Å². The molecule has 0 saturated carbocycles. The third-order valence-corrected chi connectivity index (χ3v) is 3.45. The minimum atomic E-state index is -0.647. The SMILES string of the molecule is Cc1ccc(C)c(OC(C)C(=O)Nc2ccc(C(N)=O)cc2)c1. The van der Waals surface area contributed by atoms with E-state index in [1.54, 1.807) is 31.2 Å². The number of hydrogen-bond donors (Lipinski definition) is 2. The van der Waals surface area contributed by atoms with Gasteiger partial charge in [-0.2, -0.15) is 0 Å². The van der Waals surface area contributed by atoms with E-state index in [9.17, 15) is 9.59 Å². The second kappa shape index (κ2) is 6.96. The van der Waals surface area contributed by atoms with Crippen molar-refractivity contribution in [2.45, 2.75) is 26.9 Å². The quantitative estimate of drug-likeness (QED) is 0.890. The van der Waals surface area contributed by atoms with Gasteiger partial charge in [0.25, 0.3) is 5.91 Å². The van der Waals surface area contributed by atoms with Gasteiger partial charge in [0.2, 0.25) is 5.91 Å². The van der Waals surface area contributed by atoms with E-state index in [-0.39, 0.29) is 5.91 Å². The van der Waals surface area contributed by atoms with Gasteiger partial charge in [-0.05, 0) is 62.2 Å². The molecule has 2 amide bonds. The number of carbonyl (C=O) groups excluding carboxylic acids is 2. The van der Waals surface area contributed by atoms with Gasteiger partial charge < -0.3 is 15.8 Å². The van der Waals surface area contributed by atoms with Crippen molar-refractivity contribution < 1.29 is 14.3 Å². The monoisotopic (exact) mass is 312 g/mol. The van der Waals surface area contributed by atoms with E-state index in [0.717, 1.165) is 11.1 Å². The highest BCUT2D eigenvalue weighted by Gasteiger charge is 2.16. The summed E-state index contributed by atoms with van der Waals surface area (Å²) < 4.78 is 5.74. The third-order valence-electron chi connectivity index (χ3n) is 3.45. The number of ether oxygens (including phenoxy) is 1. The van der Waals surface area contributed by atoms with Crippen molar-refractivity contribution in [3.05, 3.63) is 59.2 Å². The number of anilines is 1. The first-order valence-electron chi connectivity index (χ1n) is 7.31. The first kappa shape index (κ1) is 16.5. The summed E-state index contributed by atoms with van der Waals surface area (Å²) in [5, 5.41) is 2.75. The Kier molecular flexibility index (Phi) is 5.01. The summed E-state index contributed by atoms with van der Waals surface area (Å²) in [6.07, 6.45) is -0.647. The summed E-state index contributed by atoms with van der Waals surface area (Å²) in [4.78, 5) is 23.2. The maximum Gasteiger partial charge on any atom is 0.265 e. The maximum atomic E-state index is 12.2. The standard InChI is InChI=1S/C18H20N2O3/c1-11-4-5-12(2)16(10-11)23-13(3)18(22)20-15-8-6-14(7-9-15)17(19)21/h4-10,13H,1-3H3,(H2,19,21)(H,20,22). The lowest BCUT2D eigenvalue weighted by Crippen LogP contribution is -2.30. The number of nitrogens with one attached hydrogen (secondary N) is 1. The van der Waals surface area contributed by atoms with E-state index >= 15 is 0 Å². The zero-order valence-corrected chi connectivity index (χ0v) is 13.4. The van der Waals surface area contributed by atoms with Gasteiger partial charge >= 0.3 is 0 Å². The van der Waals surface area contributed by atoms with Crippen molar-refractivity contribution in [1.29, 1.82) is 0 Å². The average molecular weight is 312 g/mol. The van der Waals surface area contributed by atoms with E-state index in [0.29, 0.717) is 17.0 Å². The highest BCUT2D eigenvalue weighted by atomic mass is 16.5. The maximum absolute atomic E-state index is 12.2. The highest BCUT2D eigenvalue weighted by molar-refractivity contribution is 5.96. The number of primary amides is 1. The normalized spacial score (nSPS) is 11.6. The summed E-state index contributed by atoms with van der Waals surface area (Å²) in [5.41, 5.74) is 8.19. The van der Waals surface area contributed by atoms with Crippen molar-refractivity contribution in [2.75, 3.05) is 5.32 Å². The molecule has 0 bridgehead atoms. The van der Waals surface area contributed by atoms with Crippen LogP contribution in [0.2, 0.25) is 0 Å². The predicted octanol–water partition coefficient (Wildman–Crippen LogP) is 2.81. The average Bonchev–Trinajstić information content (AvgIpc) is 2.51. The molecule has 3 N–H and O–H groups in total. The number of nitrogens with two attached hydrogens (primary N) is 1. The zero-order chi connectivity index (χ0) is 17.0. The van der Waals surface area contributed by atoms with Crippen molar-refractivity contribution in [1.82, 2.24) is 0 Å². The smallest absolute Gasteiger partial charge is 0.265 e. The molecule has 2 rings (SSSR count). The van der Waals surface area contributed by atoms with Crippen LogP contribution in [0.5, 0.6) is 5.75 Å². The molecule has 120 valence electrons. The molecule has 0 aliphatic carbocycles. The van der Waals surface area contributed by atoms with Crippen LogP contribution in [0.3, 0.4) is 0 Å². The number of rotatable bonds is 5. The van der Waals surface area contributed by atoms with Crippen LogP contribution in [0, 0.1) is 13.8 Å². The van der Waals surface area contributed by atoms with Crippen LogP contribution in [0.15, 0.2) is 42.5 Å². The molecule has 0 saturated heterocycles. The van der Waals surface area contributed by atoms with E-state index in [1.807, 2.05) is 32.0 Å². The number of benzene rings is 2. The second-order valence-corrected chi connectivity index (χ2v) is 5.46. The van der Waals surface area contributed by atoms with Crippen molar-refractivity contribution in [3.63, 3.8) is 0 Å². The molecular weight excluding hydrogens is 292 g/mol. The van der Waals surface area contributed by atoms with Crippen LogP contribution in [0.4, 0.5) is 5.69 Å². The van der Waals surface area contributed by atoms with Gasteiger partial charge in [0.1, 0.15) is 5.75 Å². The van der Waals surface area contributed by atoms with E-state index in [4.69, 9.17) is 10.5 Å². The number of aryl methyl sites for hydroxylation is 2. The molecule has 0 heterocycles. The van der Waals surface area contributed by atoms with Gasteiger partial charge in [-0.3, -0.25) is 9.59 Å². The van der Waals surface area contributed by atoms with Crippen LogP contribution in [0.25, 0.3) is 0 Å². The van der Waals surface area contributed by atoms with Crippen molar-refractivity contribution in [3.8, 4) is 5.75 Å². The summed E-state index contributed by atoms with van der Waals surface area (Å²) in [6, 6.07) is 12.2. The summed E-state index contributed by atoms with van der Waals surface area (Å²) >= 11 is 0. The fraction of sp³-hybridized carbons (Fsp3) is 0.222. The molecule has 2 aromatic carbocycles. The largest absolute Gasteiger partial charge is 0.481 e. The second-order valence-electron chi connectivity index (χ2n) is 5.46. The molecule has 0 aliphatic rings. The zero-order valence-electron chi connectivity index (χ0n) is 13.4. The van der Waals surface area contributed by atoms with Gasteiger partial charge in [0, 0.05) is 11.3 Å². The predicted molar refractivity (Wildman–Crippen MR) is 89.6 cm³/mol. The first-order chi connectivity index (χ1) is 10.9. The Hall–Kier alpha value is -2.82. The molecule has 0 aliphatic heterocycles. The van der Waals surface area contributed by atoms with Gasteiger partial charge in [-0.15, -0.1) is 0 Å². The molecule has 23 heavy (non-hydrogen) atoms. The lowest BCUT2D eigenvalue weighted by atomic mass is 10.1. The van der Waals surface area contributed by atoms with Crippen LogP contribution in [0.1, 0.15) is 28.4 Å². The minimum absolute atomic E-state index is 0.266. The Labute approximate surface area is 135 Å². The number of carbonyl (C=O) groups is 2. The van der Waals surface area contributed by atoms with Gasteiger partial charge in [-0.1, -0.05) is 12.1 Å². The van der Waals surface area contributed by atoms with Crippen molar-refractivity contribution in [2.24, 2.45) is 5.73 Å². The molecule has 0 fully saturated rings. The number of amides is 2. The minimum Gasteiger partial charge on any atom is -0.481 e. The van der Waals surface area contributed by atoms with Crippen LogP contribution < -0.4 is 15.8 Å².